The van der Waals surface area contributed by atoms with E-state index in [2.05, 4.69) is 0 Å². The second-order valence-electron chi connectivity index (χ2n) is 7.08. The minimum atomic E-state index is -0.545. The molecule has 2 heterocycles. The van der Waals surface area contributed by atoms with Gasteiger partial charge in [-0.25, -0.2) is 4.79 Å². The van der Waals surface area contributed by atoms with Gasteiger partial charge in [0.05, 0.1) is 19.3 Å². The van der Waals surface area contributed by atoms with Gasteiger partial charge in [-0.3, -0.25) is 9.69 Å². The van der Waals surface area contributed by atoms with Gasteiger partial charge in [-0.2, -0.15) is 0 Å². The molecule has 3 rings (SSSR count). The van der Waals surface area contributed by atoms with Crippen molar-refractivity contribution in [2.75, 3.05) is 19.8 Å². The average Bonchev–Trinajstić information content (AvgIpc) is 2.95. The van der Waals surface area contributed by atoms with Crippen molar-refractivity contribution in [1.82, 2.24) is 4.90 Å². The summed E-state index contributed by atoms with van der Waals surface area (Å²) in [5.74, 6) is -0.0681. The lowest BCUT2D eigenvalue weighted by Gasteiger charge is -2.41. The van der Waals surface area contributed by atoms with Crippen molar-refractivity contribution < 1.29 is 19.1 Å². The van der Waals surface area contributed by atoms with E-state index in [1.807, 2.05) is 32.2 Å². The van der Waals surface area contributed by atoms with Gasteiger partial charge in [-0.15, -0.1) is 11.3 Å². The van der Waals surface area contributed by atoms with E-state index in [9.17, 15) is 9.59 Å². The molecule has 2 atom stereocenters. The van der Waals surface area contributed by atoms with Gasteiger partial charge in [0, 0.05) is 22.9 Å². The van der Waals surface area contributed by atoms with Crippen LogP contribution in [0.15, 0.2) is 11.4 Å². The second kappa shape index (κ2) is 6.24. The number of morpholine rings is 1. The zero-order valence-corrected chi connectivity index (χ0v) is 14.6. The maximum absolute atomic E-state index is 12.8. The zero-order chi connectivity index (χ0) is 16.6. The number of carbonyl (C=O) groups excluding carboxylic acids is 2. The van der Waals surface area contributed by atoms with Crippen LogP contribution in [0, 0.1) is 5.92 Å². The Hall–Kier alpha value is -1.40. The molecule has 2 unspecified atom stereocenters. The van der Waals surface area contributed by atoms with Crippen molar-refractivity contribution in [2.24, 2.45) is 5.92 Å². The first-order chi connectivity index (χ1) is 10.9. The number of nitrogens with zero attached hydrogens (tertiary/aromatic N) is 1. The maximum atomic E-state index is 12.8. The lowest BCUT2D eigenvalue weighted by molar-refractivity contribution is -0.0443. The molecule has 1 aromatic heterocycles. The van der Waals surface area contributed by atoms with E-state index >= 15 is 0 Å². The van der Waals surface area contributed by atoms with E-state index in [-0.39, 0.29) is 23.8 Å². The van der Waals surface area contributed by atoms with Crippen molar-refractivity contribution in [3.05, 3.63) is 21.9 Å². The van der Waals surface area contributed by atoms with E-state index in [4.69, 9.17) is 9.47 Å². The van der Waals surface area contributed by atoms with E-state index in [1.54, 1.807) is 16.2 Å². The van der Waals surface area contributed by atoms with Crippen molar-refractivity contribution in [2.45, 2.75) is 45.3 Å². The monoisotopic (exact) mass is 337 g/mol. The Morgan fingerprint density at radius 2 is 2.22 bits per heavy atom. The van der Waals surface area contributed by atoms with Crippen LogP contribution in [0.3, 0.4) is 0 Å². The predicted octanol–water partition coefficient (Wildman–Crippen LogP) is 3.13. The summed E-state index contributed by atoms with van der Waals surface area (Å²) in [5, 5.41) is 1.97. The summed E-state index contributed by atoms with van der Waals surface area (Å²) >= 11 is 1.64. The molecule has 1 fully saturated rings. The van der Waals surface area contributed by atoms with Crippen molar-refractivity contribution in [3.63, 3.8) is 0 Å². The molecule has 126 valence electrons. The van der Waals surface area contributed by atoms with Crippen LogP contribution in [0.2, 0.25) is 0 Å². The molecule has 1 aliphatic carbocycles. The Morgan fingerprint density at radius 1 is 1.43 bits per heavy atom. The Labute approximate surface area is 140 Å². The maximum Gasteiger partial charge on any atom is 0.410 e. The van der Waals surface area contributed by atoms with Crippen LogP contribution in [-0.4, -0.2) is 48.2 Å². The lowest BCUT2D eigenvalue weighted by atomic mass is 9.81. The van der Waals surface area contributed by atoms with Gasteiger partial charge in [0.25, 0.3) is 0 Å². The molecule has 23 heavy (non-hydrogen) atoms. The molecule has 5 nitrogen and oxygen atoms in total. The van der Waals surface area contributed by atoms with Gasteiger partial charge >= 0.3 is 6.09 Å². The van der Waals surface area contributed by atoms with Crippen LogP contribution in [0.1, 0.15) is 42.4 Å². The summed E-state index contributed by atoms with van der Waals surface area (Å²) < 4.78 is 11.1. The molecule has 0 saturated carbocycles. The number of thiophene rings is 1. The Balaban J connectivity index is 1.79. The second-order valence-corrected chi connectivity index (χ2v) is 8.08. The highest BCUT2D eigenvalue weighted by atomic mass is 32.1. The zero-order valence-electron chi connectivity index (χ0n) is 13.8. The first kappa shape index (κ1) is 16.5. The normalized spacial score (nSPS) is 25.2. The van der Waals surface area contributed by atoms with Gasteiger partial charge in [0.15, 0.2) is 5.78 Å². The average molecular weight is 337 g/mol. The van der Waals surface area contributed by atoms with Crippen LogP contribution in [0.4, 0.5) is 4.79 Å². The summed E-state index contributed by atoms with van der Waals surface area (Å²) in [7, 11) is 0. The number of Topliss-reactive ketones (excluding diaryl/α,β-unsaturated/α-hetero) is 1. The van der Waals surface area contributed by atoms with Crippen LogP contribution in [-0.2, 0) is 15.9 Å². The number of aryl methyl sites for hydroxylation is 1. The summed E-state index contributed by atoms with van der Waals surface area (Å²) in [6, 6.07) is 1.66. The molecule has 0 spiro atoms. The topological polar surface area (TPSA) is 55.8 Å². The summed E-state index contributed by atoms with van der Waals surface area (Å²) in [5.41, 5.74) is 0.276. The highest BCUT2D eigenvalue weighted by Gasteiger charge is 2.41. The number of hydrogen-bond donors (Lipinski definition) is 0. The quantitative estimate of drug-likeness (QED) is 0.790. The Morgan fingerprint density at radius 3 is 2.96 bits per heavy atom. The number of fused-ring (bicyclic) bond motifs is 1. The highest BCUT2D eigenvalue weighted by molar-refractivity contribution is 7.10. The Bertz CT molecular complexity index is 604. The smallest absolute Gasteiger partial charge is 0.410 e. The van der Waals surface area contributed by atoms with Crippen molar-refractivity contribution >= 4 is 23.2 Å². The molecular formula is C17H23NO4S. The number of hydrogen-bond acceptors (Lipinski definition) is 5. The predicted molar refractivity (Wildman–Crippen MR) is 88.0 cm³/mol. The molecular weight excluding hydrogens is 314 g/mol. The van der Waals surface area contributed by atoms with Gasteiger partial charge < -0.3 is 9.47 Å². The molecule has 1 amide bonds. The van der Waals surface area contributed by atoms with E-state index in [1.165, 1.54) is 0 Å². The molecule has 0 N–H and O–H groups in total. The number of amides is 1. The summed E-state index contributed by atoms with van der Waals surface area (Å²) in [6.07, 6.45) is 1.30. The minimum absolute atomic E-state index is 0.136. The first-order valence-electron chi connectivity index (χ1n) is 8.05. The molecule has 2 aliphatic rings. The third-order valence-corrected chi connectivity index (χ3v) is 5.27. The fourth-order valence-corrected chi connectivity index (χ4v) is 4.14. The molecule has 1 aliphatic heterocycles. The molecule has 0 aromatic carbocycles. The van der Waals surface area contributed by atoms with Crippen LogP contribution < -0.4 is 0 Å². The number of ketones is 1. The first-order valence-corrected chi connectivity index (χ1v) is 8.93. The van der Waals surface area contributed by atoms with Gasteiger partial charge in [0.2, 0.25) is 0 Å². The van der Waals surface area contributed by atoms with Crippen molar-refractivity contribution in [1.29, 1.82) is 0 Å². The summed E-state index contributed by atoms with van der Waals surface area (Å²) in [4.78, 5) is 28.2. The van der Waals surface area contributed by atoms with Crippen LogP contribution in [0.25, 0.3) is 0 Å². The fraction of sp³-hybridized carbons (Fsp3) is 0.647. The molecule has 0 bridgehead atoms. The standard InChI is InChI=1S/C17H23NO4S/c1-17(2,3)22-16(20)18-7-8-21-10-13(18)11-4-5-14-12(15(11)19)6-9-23-14/h6,9,11,13H,4-5,7-8,10H2,1-3H3. The van der Waals surface area contributed by atoms with Gasteiger partial charge in [0.1, 0.15) is 5.60 Å². The Kier molecular flexibility index (Phi) is 4.47. The highest BCUT2D eigenvalue weighted by Crippen LogP contribution is 2.34. The van der Waals surface area contributed by atoms with Crippen LogP contribution in [0.5, 0.6) is 0 Å². The van der Waals surface area contributed by atoms with E-state index < -0.39 is 5.60 Å². The van der Waals surface area contributed by atoms with E-state index in [0.717, 1.165) is 23.3 Å². The van der Waals surface area contributed by atoms with Crippen molar-refractivity contribution in [3.8, 4) is 0 Å². The third kappa shape index (κ3) is 3.43. The molecule has 1 aromatic rings. The van der Waals surface area contributed by atoms with Gasteiger partial charge in [-0.05, 0) is 45.1 Å². The molecule has 1 saturated heterocycles. The van der Waals surface area contributed by atoms with E-state index in [0.29, 0.717) is 19.8 Å². The molecule has 0 radical (unpaired) electrons. The van der Waals surface area contributed by atoms with Gasteiger partial charge in [-0.1, -0.05) is 0 Å². The number of rotatable bonds is 1. The third-order valence-electron chi connectivity index (χ3n) is 4.29. The fourth-order valence-electron chi connectivity index (χ4n) is 3.24. The minimum Gasteiger partial charge on any atom is -0.444 e. The lowest BCUT2D eigenvalue weighted by Crippen LogP contribution is -2.55. The largest absolute Gasteiger partial charge is 0.444 e. The summed E-state index contributed by atoms with van der Waals surface area (Å²) in [6.45, 7) is 6.91. The number of ether oxygens (including phenoxy) is 2. The SMILES string of the molecule is CC(C)(C)OC(=O)N1CCOCC1C1CCc2sccc2C1=O. The number of carbonyl (C=O) groups is 2. The van der Waals surface area contributed by atoms with Crippen LogP contribution >= 0.6 is 11.3 Å². The molecule has 6 heteroatoms.